The quantitative estimate of drug-likeness (QED) is 0.867. The molecule has 1 unspecified atom stereocenters. The Morgan fingerprint density at radius 2 is 2.05 bits per heavy atom. The van der Waals surface area contributed by atoms with Gasteiger partial charge in [0, 0.05) is 0 Å². The van der Waals surface area contributed by atoms with Crippen LogP contribution in [-0.4, -0.2) is 32.6 Å². The van der Waals surface area contributed by atoms with Gasteiger partial charge in [0.2, 0.25) is 0 Å². The Labute approximate surface area is 123 Å². The number of nitriles is 1. The Kier molecular flexibility index (Phi) is 4.90. The van der Waals surface area contributed by atoms with Gasteiger partial charge in [0.05, 0.1) is 19.0 Å². The predicted molar refractivity (Wildman–Crippen MR) is 76.8 cm³/mol. The van der Waals surface area contributed by atoms with E-state index in [4.69, 9.17) is 10.00 Å². The molecule has 0 spiro atoms. The van der Waals surface area contributed by atoms with Crippen LogP contribution in [0.5, 0.6) is 5.75 Å². The number of nitrogens with zero attached hydrogens (tertiary/aromatic N) is 4. The van der Waals surface area contributed by atoms with Crippen LogP contribution in [0.15, 0.2) is 24.3 Å². The smallest absolute Gasteiger partial charge is 0.147 e. The van der Waals surface area contributed by atoms with Gasteiger partial charge in [0.1, 0.15) is 30.1 Å². The third-order valence-corrected chi connectivity index (χ3v) is 3.00. The molecule has 1 N–H and O–H groups in total. The molecule has 110 valence electrons. The number of hydrogen-bond donors (Lipinski definition) is 1. The number of hydrogen-bond acceptors (Lipinski definition) is 5. The Balaban J connectivity index is 1.85. The molecule has 1 aromatic heterocycles. The lowest BCUT2D eigenvalue weighted by Gasteiger charge is -2.13. The topological polar surface area (TPSA) is 84.0 Å². The lowest BCUT2D eigenvalue weighted by Crippen LogP contribution is -2.24. The van der Waals surface area contributed by atoms with E-state index in [9.17, 15) is 5.11 Å². The molecule has 0 aliphatic heterocycles. The second-order valence-electron chi connectivity index (χ2n) is 4.83. The summed E-state index contributed by atoms with van der Waals surface area (Å²) in [5.41, 5.74) is 0.944. The zero-order valence-electron chi connectivity index (χ0n) is 12.2. The standard InChI is InChI=1S/C15H18N4O2/c1-11-17-12(2)19(18-11)9-14(20)10-21-15-5-3-13(4-6-15)7-8-16/h3-6,14,20H,7,9-10H2,1-2H3. The zero-order chi connectivity index (χ0) is 15.2. The van der Waals surface area contributed by atoms with E-state index >= 15 is 0 Å². The average Bonchev–Trinajstić information content (AvgIpc) is 2.76. The van der Waals surface area contributed by atoms with Crippen molar-refractivity contribution in [3.8, 4) is 11.8 Å². The van der Waals surface area contributed by atoms with Crippen LogP contribution in [0.1, 0.15) is 17.2 Å². The van der Waals surface area contributed by atoms with Crippen LogP contribution in [-0.2, 0) is 13.0 Å². The molecular weight excluding hydrogens is 268 g/mol. The summed E-state index contributed by atoms with van der Waals surface area (Å²) in [5, 5.41) is 22.8. The number of benzene rings is 1. The first-order valence-corrected chi connectivity index (χ1v) is 6.73. The summed E-state index contributed by atoms with van der Waals surface area (Å²) >= 11 is 0. The van der Waals surface area contributed by atoms with Crippen molar-refractivity contribution < 1.29 is 9.84 Å². The molecule has 21 heavy (non-hydrogen) atoms. The van der Waals surface area contributed by atoms with Crippen LogP contribution in [0.4, 0.5) is 0 Å². The van der Waals surface area contributed by atoms with Crippen LogP contribution in [0.2, 0.25) is 0 Å². The van der Waals surface area contributed by atoms with Gasteiger partial charge in [-0.2, -0.15) is 10.4 Å². The van der Waals surface area contributed by atoms with Crippen molar-refractivity contribution in [1.29, 1.82) is 5.26 Å². The Hall–Kier alpha value is -2.39. The van der Waals surface area contributed by atoms with Gasteiger partial charge < -0.3 is 9.84 Å². The number of ether oxygens (including phenoxy) is 1. The fourth-order valence-corrected chi connectivity index (χ4v) is 1.97. The Morgan fingerprint density at radius 1 is 1.33 bits per heavy atom. The predicted octanol–water partition coefficient (Wildman–Crippen LogP) is 1.40. The molecule has 6 heteroatoms. The van der Waals surface area contributed by atoms with E-state index in [-0.39, 0.29) is 6.61 Å². The molecule has 0 aliphatic carbocycles. The van der Waals surface area contributed by atoms with Crippen LogP contribution in [0.3, 0.4) is 0 Å². The molecule has 1 heterocycles. The first-order chi connectivity index (χ1) is 10.1. The van der Waals surface area contributed by atoms with E-state index in [1.807, 2.05) is 26.0 Å². The van der Waals surface area contributed by atoms with Gasteiger partial charge >= 0.3 is 0 Å². The molecule has 0 bridgehead atoms. The maximum absolute atomic E-state index is 9.98. The molecule has 0 amide bonds. The fourth-order valence-electron chi connectivity index (χ4n) is 1.97. The Morgan fingerprint density at radius 3 is 2.62 bits per heavy atom. The minimum atomic E-state index is -0.663. The average molecular weight is 286 g/mol. The SMILES string of the molecule is Cc1nc(C)n(CC(O)COc2ccc(CC#N)cc2)n1. The molecule has 6 nitrogen and oxygen atoms in total. The van der Waals surface area contributed by atoms with E-state index in [0.717, 1.165) is 11.4 Å². The van der Waals surface area contributed by atoms with Gasteiger partial charge in [-0.1, -0.05) is 12.1 Å². The molecule has 0 saturated heterocycles. The zero-order valence-corrected chi connectivity index (χ0v) is 12.2. The normalized spacial score (nSPS) is 11.9. The highest BCUT2D eigenvalue weighted by Crippen LogP contribution is 2.13. The first kappa shape index (κ1) is 15.0. The Bertz CT molecular complexity index is 628. The van der Waals surface area contributed by atoms with E-state index in [1.54, 1.807) is 16.8 Å². The number of aromatic nitrogens is 3. The number of rotatable bonds is 6. The van der Waals surface area contributed by atoms with E-state index in [1.165, 1.54) is 0 Å². The molecule has 1 atom stereocenters. The number of aryl methyl sites for hydroxylation is 2. The van der Waals surface area contributed by atoms with Gasteiger partial charge in [-0.25, -0.2) is 9.67 Å². The minimum Gasteiger partial charge on any atom is -0.491 e. The highest BCUT2D eigenvalue weighted by atomic mass is 16.5. The summed E-state index contributed by atoms with van der Waals surface area (Å²) in [6, 6.07) is 9.37. The molecule has 0 saturated carbocycles. The monoisotopic (exact) mass is 286 g/mol. The molecule has 1 aromatic carbocycles. The molecule has 0 aliphatic rings. The lowest BCUT2D eigenvalue weighted by molar-refractivity contribution is 0.0886. The van der Waals surface area contributed by atoms with Crippen LogP contribution < -0.4 is 4.74 Å². The molecular formula is C15H18N4O2. The van der Waals surface area contributed by atoms with E-state index in [0.29, 0.717) is 24.5 Å². The van der Waals surface area contributed by atoms with Crippen LogP contribution in [0, 0.1) is 25.2 Å². The summed E-state index contributed by atoms with van der Waals surface area (Å²) in [6.07, 6.45) is -0.281. The van der Waals surface area contributed by atoms with Gasteiger partial charge in [0.25, 0.3) is 0 Å². The van der Waals surface area contributed by atoms with Crippen molar-refractivity contribution in [3.63, 3.8) is 0 Å². The van der Waals surface area contributed by atoms with Crippen molar-refractivity contribution in [2.24, 2.45) is 0 Å². The third kappa shape index (κ3) is 4.29. The van der Waals surface area contributed by atoms with Gasteiger partial charge in [-0.15, -0.1) is 0 Å². The molecule has 0 fully saturated rings. The van der Waals surface area contributed by atoms with Crippen LogP contribution >= 0.6 is 0 Å². The third-order valence-electron chi connectivity index (χ3n) is 3.00. The van der Waals surface area contributed by atoms with Crippen molar-refractivity contribution in [2.75, 3.05) is 6.61 Å². The first-order valence-electron chi connectivity index (χ1n) is 6.73. The highest BCUT2D eigenvalue weighted by Gasteiger charge is 2.10. The fraction of sp³-hybridized carbons (Fsp3) is 0.400. The second kappa shape index (κ2) is 6.86. The van der Waals surface area contributed by atoms with Gasteiger partial charge in [-0.3, -0.25) is 0 Å². The maximum Gasteiger partial charge on any atom is 0.147 e. The van der Waals surface area contributed by atoms with Crippen molar-refractivity contribution in [2.45, 2.75) is 32.9 Å². The van der Waals surface area contributed by atoms with Crippen molar-refractivity contribution in [3.05, 3.63) is 41.5 Å². The number of aliphatic hydroxyl groups excluding tert-OH is 1. The van der Waals surface area contributed by atoms with E-state index < -0.39 is 6.10 Å². The lowest BCUT2D eigenvalue weighted by atomic mass is 10.2. The number of aliphatic hydroxyl groups is 1. The summed E-state index contributed by atoms with van der Waals surface area (Å²) in [6.45, 7) is 4.19. The van der Waals surface area contributed by atoms with Crippen molar-refractivity contribution >= 4 is 0 Å². The van der Waals surface area contributed by atoms with Gasteiger partial charge in [0.15, 0.2) is 0 Å². The van der Waals surface area contributed by atoms with Gasteiger partial charge in [-0.05, 0) is 31.5 Å². The molecule has 2 aromatic rings. The second-order valence-corrected chi connectivity index (χ2v) is 4.83. The maximum atomic E-state index is 9.98. The van der Waals surface area contributed by atoms with Crippen LogP contribution in [0.25, 0.3) is 0 Å². The molecule has 2 rings (SSSR count). The summed E-state index contributed by atoms with van der Waals surface area (Å²) in [4.78, 5) is 4.18. The summed E-state index contributed by atoms with van der Waals surface area (Å²) < 4.78 is 7.19. The largest absolute Gasteiger partial charge is 0.491 e. The molecule has 0 radical (unpaired) electrons. The highest BCUT2D eigenvalue weighted by molar-refractivity contribution is 5.28. The van der Waals surface area contributed by atoms with Crippen molar-refractivity contribution in [1.82, 2.24) is 14.8 Å². The minimum absolute atomic E-state index is 0.177. The summed E-state index contributed by atoms with van der Waals surface area (Å²) in [5.74, 6) is 2.13. The summed E-state index contributed by atoms with van der Waals surface area (Å²) in [7, 11) is 0. The van der Waals surface area contributed by atoms with E-state index in [2.05, 4.69) is 16.2 Å².